The van der Waals surface area contributed by atoms with Gasteiger partial charge in [0, 0.05) is 24.7 Å². The first-order valence-electron chi connectivity index (χ1n) is 5.88. The molecule has 0 amide bonds. The number of nitrogens with one attached hydrogen (secondary N) is 2. The van der Waals surface area contributed by atoms with E-state index in [0.29, 0.717) is 13.0 Å². The highest BCUT2D eigenvalue weighted by molar-refractivity contribution is 7.88. The van der Waals surface area contributed by atoms with Crippen molar-refractivity contribution >= 4 is 15.7 Å². The zero-order valence-electron chi connectivity index (χ0n) is 10.9. The van der Waals surface area contributed by atoms with Gasteiger partial charge in [0.2, 0.25) is 15.8 Å². The Morgan fingerprint density at radius 1 is 1.35 bits per heavy atom. The van der Waals surface area contributed by atoms with Crippen molar-refractivity contribution < 1.29 is 17.7 Å². The van der Waals surface area contributed by atoms with Gasteiger partial charge >= 0.3 is 5.69 Å². The third-order valence-electron chi connectivity index (χ3n) is 2.47. The third kappa shape index (κ3) is 5.59. The molecule has 0 aliphatic carbocycles. The van der Waals surface area contributed by atoms with Gasteiger partial charge in [0.05, 0.1) is 11.2 Å². The summed E-state index contributed by atoms with van der Waals surface area (Å²) in [5.74, 6) is -0.848. The highest BCUT2D eigenvalue weighted by Gasteiger charge is 2.16. The van der Waals surface area contributed by atoms with Crippen LogP contribution in [0.3, 0.4) is 0 Å². The number of nitro groups is 1. The Morgan fingerprint density at radius 3 is 2.65 bits per heavy atom. The fraction of sp³-hybridized carbons (Fsp3) is 0.455. The number of benzene rings is 1. The van der Waals surface area contributed by atoms with Crippen LogP contribution in [0.4, 0.5) is 10.1 Å². The summed E-state index contributed by atoms with van der Waals surface area (Å²) in [6.45, 7) is 0.889. The normalized spacial score (nSPS) is 11.5. The summed E-state index contributed by atoms with van der Waals surface area (Å²) >= 11 is 0. The molecule has 0 saturated heterocycles. The maximum absolute atomic E-state index is 13.7. The Labute approximate surface area is 116 Å². The summed E-state index contributed by atoms with van der Waals surface area (Å²) in [6, 6.07) is 3.99. The molecule has 0 aliphatic rings. The Morgan fingerprint density at radius 2 is 2.05 bits per heavy atom. The molecule has 1 aromatic rings. The molecular weight excluding hydrogens is 289 g/mol. The molecule has 0 unspecified atom stereocenters. The molecule has 20 heavy (non-hydrogen) atoms. The minimum Gasteiger partial charge on any atom is -0.313 e. The van der Waals surface area contributed by atoms with Crippen molar-refractivity contribution in [3.63, 3.8) is 0 Å². The fourth-order valence-corrected chi connectivity index (χ4v) is 2.05. The first-order chi connectivity index (χ1) is 9.31. The quantitative estimate of drug-likeness (QED) is 0.419. The minimum absolute atomic E-state index is 0.145. The summed E-state index contributed by atoms with van der Waals surface area (Å²) in [5.41, 5.74) is -0.349. The molecule has 2 N–H and O–H groups in total. The van der Waals surface area contributed by atoms with Gasteiger partial charge in [-0.15, -0.1) is 0 Å². The number of hydrogen-bond donors (Lipinski definition) is 2. The van der Waals surface area contributed by atoms with Crippen LogP contribution in [0, 0.1) is 15.9 Å². The second kappa shape index (κ2) is 7.27. The molecule has 0 heterocycles. The minimum atomic E-state index is -3.20. The number of rotatable bonds is 8. The molecule has 0 radical (unpaired) electrons. The van der Waals surface area contributed by atoms with Gasteiger partial charge < -0.3 is 5.32 Å². The van der Waals surface area contributed by atoms with Gasteiger partial charge in [-0.05, 0) is 13.0 Å². The van der Waals surface area contributed by atoms with Crippen LogP contribution in [-0.4, -0.2) is 32.7 Å². The number of halogens is 1. The van der Waals surface area contributed by atoms with E-state index in [-0.39, 0.29) is 18.7 Å². The fourth-order valence-electron chi connectivity index (χ4n) is 1.54. The van der Waals surface area contributed by atoms with E-state index in [9.17, 15) is 22.9 Å². The van der Waals surface area contributed by atoms with Crippen LogP contribution in [0.15, 0.2) is 18.2 Å². The molecule has 0 bridgehead atoms. The predicted molar refractivity (Wildman–Crippen MR) is 72.2 cm³/mol. The maximum atomic E-state index is 13.7. The molecule has 1 aromatic carbocycles. The molecule has 0 aromatic heterocycles. The van der Waals surface area contributed by atoms with E-state index in [0.717, 1.165) is 12.3 Å². The van der Waals surface area contributed by atoms with E-state index >= 15 is 0 Å². The predicted octanol–water partition coefficient (Wildman–Crippen LogP) is 0.763. The van der Waals surface area contributed by atoms with Gasteiger partial charge in [0.1, 0.15) is 0 Å². The molecule has 0 atom stereocenters. The monoisotopic (exact) mass is 305 g/mol. The van der Waals surface area contributed by atoms with Gasteiger partial charge in [-0.1, -0.05) is 12.1 Å². The lowest BCUT2D eigenvalue weighted by atomic mass is 10.2. The van der Waals surface area contributed by atoms with Crippen molar-refractivity contribution in [2.24, 2.45) is 0 Å². The lowest BCUT2D eigenvalue weighted by Crippen LogP contribution is -2.26. The van der Waals surface area contributed by atoms with Crippen LogP contribution in [0.1, 0.15) is 12.0 Å². The van der Waals surface area contributed by atoms with Crippen LogP contribution in [0.2, 0.25) is 0 Å². The van der Waals surface area contributed by atoms with Crippen LogP contribution < -0.4 is 10.0 Å². The summed E-state index contributed by atoms with van der Waals surface area (Å²) in [6.07, 6.45) is 1.60. The Bertz CT molecular complexity index is 577. The summed E-state index contributed by atoms with van der Waals surface area (Å²) < 4.78 is 37.6. The largest absolute Gasteiger partial charge is 0.313 e. The standard InChI is InChI=1S/C11H16FN3O4S/c1-20(18,19)14-7-3-6-13-8-9-4-2-5-10(11(9)12)15(16)17/h2,4-5,13-14H,3,6-8H2,1H3. The Hall–Kier alpha value is -1.58. The molecule has 112 valence electrons. The summed E-state index contributed by atoms with van der Waals surface area (Å²) in [4.78, 5) is 9.79. The average Bonchev–Trinajstić information content (AvgIpc) is 2.33. The van der Waals surface area contributed by atoms with Gasteiger partial charge in [0.15, 0.2) is 0 Å². The van der Waals surface area contributed by atoms with E-state index in [1.54, 1.807) is 0 Å². The van der Waals surface area contributed by atoms with Crippen molar-refractivity contribution in [1.29, 1.82) is 0 Å². The second-order valence-corrected chi connectivity index (χ2v) is 6.04. The number of hydrogen-bond acceptors (Lipinski definition) is 5. The van der Waals surface area contributed by atoms with Crippen molar-refractivity contribution in [3.8, 4) is 0 Å². The van der Waals surface area contributed by atoms with Gasteiger partial charge in [-0.25, -0.2) is 13.1 Å². The van der Waals surface area contributed by atoms with Crippen molar-refractivity contribution in [2.45, 2.75) is 13.0 Å². The van der Waals surface area contributed by atoms with E-state index in [1.807, 2.05) is 0 Å². The first-order valence-corrected chi connectivity index (χ1v) is 7.77. The van der Waals surface area contributed by atoms with Crippen molar-refractivity contribution in [3.05, 3.63) is 39.7 Å². The molecule has 9 heteroatoms. The highest BCUT2D eigenvalue weighted by atomic mass is 32.2. The van der Waals surface area contributed by atoms with Crippen molar-refractivity contribution in [2.75, 3.05) is 19.3 Å². The SMILES string of the molecule is CS(=O)(=O)NCCCNCc1cccc([N+](=O)[O-])c1F. The Kier molecular flexibility index (Phi) is 5.99. The van der Waals surface area contributed by atoms with Crippen molar-refractivity contribution in [1.82, 2.24) is 10.0 Å². The molecular formula is C11H16FN3O4S. The third-order valence-corrected chi connectivity index (χ3v) is 3.19. The van der Waals surface area contributed by atoms with E-state index in [2.05, 4.69) is 10.0 Å². The zero-order valence-corrected chi connectivity index (χ0v) is 11.7. The van der Waals surface area contributed by atoms with Crippen LogP contribution in [-0.2, 0) is 16.6 Å². The number of sulfonamides is 1. The molecule has 0 fully saturated rings. The molecule has 0 spiro atoms. The topological polar surface area (TPSA) is 101 Å². The molecule has 0 saturated carbocycles. The average molecular weight is 305 g/mol. The summed E-state index contributed by atoms with van der Waals surface area (Å²) in [5, 5.41) is 13.5. The van der Waals surface area contributed by atoms with Crippen LogP contribution in [0.25, 0.3) is 0 Å². The lowest BCUT2D eigenvalue weighted by Gasteiger charge is -2.06. The van der Waals surface area contributed by atoms with E-state index < -0.39 is 26.5 Å². The van der Waals surface area contributed by atoms with Crippen LogP contribution >= 0.6 is 0 Å². The summed E-state index contributed by atoms with van der Waals surface area (Å²) in [7, 11) is -3.20. The van der Waals surface area contributed by atoms with Gasteiger partial charge in [0.25, 0.3) is 0 Å². The van der Waals surface area contributed by atoms with E-state index in [4.69, 9.17) is 0 Å². The molecule has 7 nitrogen and oxygen atoms in total. The second-order valence-electron chi connectivity index (χ2n) is 4.20. The van der Waals surface area contributed by atoms with E-state index in [1.165, 1.54) is 12.1 Å². The number of nitrogens with zero attached hydrogens (tertiary/aromatic N) is 1. The lowest BCUT2D eigenvalue weighted by molar-refractivity contribution is -0.387. The smallest absolute Gasteiger partial charge is 0.305 e. The van der Waals surface area contributed by atoms with Crippen LogP contribution in [0.5, 0.6) is 0 Å². The molecule has 0 aliphatic heterocycles. The maximum Gasteiger partial charge on any atom is 0.305 e. The Balaban J connectivity index is 2.40. The van der Waals surface area contributed by atoms with Gasteiger partial charge in [-0.2, -0.15) is 4.39 Å². The van der Waals surface area contributed by atoms with Gasteiger partial charge in [-0.3, -0.25) is 10.1 Å². The zero-order chi connectivity index (χ0) is 15.2. The molecule has 1 rings (SSSR count). The first kappa shape index (κ1) is 16.5. The highest BCUT2D eigenvalue weighted by Crippen LogP contribution is 2.19. The number of nitro benzene ring substituents is 1.